The maximum Gasteiger partial charge on any atom is 0.274 e. The number of hydrogen-bond donors (Lipinski definition) is 1. The summed E-state index contributed by atoms with van der Waals surface area (Å²) >= 11 is 1.44. The van der Waals surface area contributed by atoms with Crippen molar-refractivity contribution in [2.45, 2.75) is 39.7 Å². The van der Waals surface area contributed by atoms with Crippen LogP contribution in [0.15, 0.2) is 12.1 Å². The number of nitrogens with zero attached hydrogens (tertiary/aromatic N) is 2. The second-order valence-electron chi connectivity index (χ2n) is 5.38. The van der Waals surface area contributed by atoms with Gasteiger partial charge in [-0.1, -0.05) is 13.8 Å². The Balaban J connectivity index is 2.70. The number of aliphatic hydroxyl groups excluding tert-OH is 1. The molecule has 20 heavy (non-hydrogen) atoms. The Morgan fingerprint density at radius 3 is 2.50 bits per heavy atom. The van der Waals surface area contributed by atoms with Gasteiger partial charge in [-0.05, 0) is 25.8 Å². The summed E-state index contributed by atoms with van der Waals surface area (Å²) in [7, 11) is 0. The highest BCUT2D eigenvalue weighted by Gasteiger charge is 2.29. The number of aryl methyl sites for hydroxylation is 1. The smallest absolute Gasteiger partial charge is 0.274 e. The van der Waals surface area contributed by atoms with Crippen LogP contribution in [0.3, 0.4) is 0 Å². The first-order chi connectivity index (χ1) is 9.31. The topological polar surface area (TPSA) is 76.3 Å². The molecule has 1 aromatic heterocycles. The third-order valence-corrected chi connectivity index (χ3v) is 4.37. The summed E-state index contributed by atoms with van der Waals surface area (Å²) in [6, 6.07) is 3.33. The lowest BCUT2D eigenvalue weighted by atomic mass is 9.83. The van der Waals surface area contributed by atoms with Gasteiger partial charge in [0.15, 0.2) is 0 Å². The maximum absolute atomic E-state index is 11.3. The average molecular weight is 294 g/mol. The van der Waals surface area contributed by atoms with Gasteiger partial charge in [0.1, 0.15) is 0 Å². The Morgan fingerprint density at radius 2 is 2.00 bits per heavy atom. The van der Waals surface area contributed by atoms with Crippen molar-refractivity contribution < 1.29 is 10.0 Å². The summed E-state index contributed by atoms with van der Waals surface area (Å²) in [5, 5.41) is 22.2. The molecule has 0 aliphatic heterocycles. The molecule has 2 aromatic rings. The van der Waals surface area contributed by atoms with Crippen LogP contribution in [0.2, 0.25) is 0 Å². The van der Waals surface area contributed by atoms with E-state index in [2.05, 4.69) is 4.98 Å². The van der Waals surface area contributed by atoms with E-state index in [1.807, 2.05) is 20.8 Å². The summed E-state index contributed by atoms with van der Waals surface area (Å²) in [6.45, 7) is 7.46. The van der Waals surface area contributed by atoms with E-state index in [9.17, 15) is 15.2 Å². The van der Waals surface area contributed by atoms with Crippen LogP contribution in [0.1, 0.15) is 37.3 Å². The van der Waals surface area contributed by atoms with E-state index in [-0.39, 0.29) is 22.4 Å². The zero-order valence-corrected chi connectivity index (χ0v) is 12.8. The molecule has 0 bridgehead atoms. The van der Waals surface area contributed by atoms with Crippen molar-refractivity contribution in [1.29, 1.82) is 0 Å². The van der Waals surface area contributed by atoms with E-state index >= 15 is 0 Å². The first-order valence-electron chi connectivity index (χ1n) is 6.54. The van der Waals surface area contributed by atoms with E-state index in [4.69, 9.17) is 0 Å². The van der Waals surface area contributed by atoms with E-state index in [1.165, 1.54) is 11.3 Å². The van der Waals surface area contributed by atoms with Crippen LogP contribution in [-0.4, -0.2) is 21.1 Å². The molecule has 2 rings (SSSR count). The van der Waals surface area contributed by atoms with Gasteiger partial charge in [-0.3, -0.25) is 10.1 Å². The molecule has 0 fully saturated rings. The minimum Gasteiger partial charge on any atom is -0.393 e. The predicted molar refractivity (Wildman–Crippen MR) is 80.3 cm³/mol. The number of nitro groups is 1. The molecule has 0 amide bonds. The summed E-state index contributed by atoms with van der Waals surface area (Å²) in [4.78, 5) is 15.3. The molecule has 1 aromatic carbocycles. The molecular formula is C14H18N2O3S. The Hall–Kier alpha value is -1.53. The van der Waals surface area contributed by atoms with E-state index in [0.717, 1.165) is 15.2 Å². The van der Waals surface area contributed by atoms with Gasteiger partial charge in [0, 0.05) is 17.5 Å². The Labute approximate surface area is 121 Å². The van der Waals surface area contributed by atoms with Crippen LogP contribution < -0.4 is 0 Å². The second-order valence-corrected chi connectivity index (χ2v) is 6.61. The molecule has 0 aliphatic rings. The Kier molecular flexibility index (Phi) is 4.06. The van der Waals surface area contributed by atoms with Gasteiger partial charge in [-0.2, -0.15) is 0 Å². The lowest BCUT2D eigenvalue weighted by Gasteiger charge is -2.24. The first kappa shape index (κ1) is 14.9. The number of aliphatic hydroxyl groups is 1. The third-order valence-electron chi connectivity index (χ3n) is 3.44. The van der Waals surface area contributed by atoms with Gasteiger partial charge >= 0.3 is 0 Å². The fourth-order valence-electron chi connectivity index (χ4n) is 2.70. The highest BCUT2D eigenvalue weighted by Crippen LogP contribution is 2.38. The normalized spacial score (nSPS) is 14.7. The molecule has 1 heterocycles. The lowest BCUT2D eigenvalue weighted by Crippen LogP contribution is -2.21. The van der Waals surface area contributed by atoms with E-state index in [1.54, 1.807) is 19.1 Å². The minimum atomic E-state index is -0.647. The maximum atomic E-state index is 11.3. The van der Waals surface area contributed by atoms with Crippen LogP contribution in [0, 0.1) is 23.0 Å². The molecule has 1 N–H and O–H groups in total. The number of rotatable bonds is 4. The van der Waals surface area contributed by atoms with E-state index in [0.29, 0.717) is 5.56 Å². The van der Waals surface area contributed by atoms with Crippen molar-refractivity contribution in [3.8, 4) is 0 Å². The van der Waals surface area contributed by atoms with Crippen molar-refractivity contribution in [2.24, 2.45) is 5.92 Å². The molecule has 6 heteroatoms. The summed E-state index contributed by atoms with van der Waals surface area (Å²) in [6.07, 6.45) is -0.647. The van der Waals surface area contributed by atoms with Crippen LogP contribution in [0.5, 0.6) is 0 Å². The standard InChI is InChI=1S/C14H18N2O3S/c1-7(2)14(8(3)17)10-5-11-13(20-9(4)15-11)6-12(10)16(18)19/h5-8,14,17H,1-4H3. The van der Waals surface area contributed by atoms with Gasteiger partial charge in [0.2, 0.25) is 0 Å². The van der Waals surface area contributed by atoms with Gasteiger partial charge in [0.25, 0.3) is 5.69 Å². The molecule has 0 radical (unpaired) electrons. The predicted octanol–water partition coefficient (Wildman–Crippen LogP) is 3.63. The molecule has 2 unspecified atom stereocenters. The van der Waals surface area contributed by atoms with Crippen molar-refractivity contribution >= 4 is 27.2 Å². The SMILES string of the molecule is Cc1nc2cc(C(C(C)C)C(C)O)c([N+](=O)[O-])cc2s1. The monoisotopic (exact) mass is 294 g/mol. The van der Waals surface area contributed by atoms with Crippen molar-refractivity contribution in [3.63, 3.8) is 0 Å². The fourth-order valence-corrected chi connectivity index (χ4v) is 3.54. The van der Waals surface area contributed by atoms with E-state index < -0.39 is 6.10 Å². The zero-order chi connectivity index (χ0) is 15.0. The quantitative estimate of drug-likeness (QED) is 0.690. The van der Waals surface area contributed by atoms with Gasteiger partial charge in [-0.25, -0.2) is 4.98 Å². The number of fused-ring (bicyclic) bond motifs is 1. The largest absolute Gasteiger partial charge is 0.393 e. The molecule has 0 aliphatic carbocycles. The van der Waals surface area contributed by atoms with Gasteiger partial charge in [-0.15, -0.1) is 11.3 Å². The molecule has 2 atom stereocenters. The third kappa shape index (κ3) is 2.66. The second kappa shape index (κ2) is 5.46. The summed E-state index contributed by atoms with van der Waals surface area (Å²) < 4.78 is 0.811. The first-order valence-corrected chi connectivity index (χ1v) is 7.36. The zero-order valence-electron chi connectivity index (χ0n) is 12.0. The molecule has 0 saturated heterocycles. The number of thiazole rings is 1. The minimum absolute atomic E-state index is 0.0701. The van der Waals surface area contributed by atoms with Crippen LogP contribution >= 0.6 is 11.3 Å². The number of aromatic nitrogens is 1. The van der Waals surface area contributed by atoms with Crippen LogP contribution in [0.4, 0.5) is 5.69 Å². The molecule has 0 saturated carbocycles. The highest BCUT2D eigenvalue weighted by molar-refractivity contribution is 7.18. The summed E-state index contributed by atoms with van der Waals surface area (Å²) in [5.41, 5.74) is 1.40. The fraction of sp³-hybridized carbons (Fsp3) is 0.500. The van der Waals surface area contributed by atoms with Crippen molar-refractivity contribution in [1.82, 2.24) is 4.98 Å². The molecule has 108 valence electrons. The Morgan fingerprint density at radius 1 is 1.35 bits per heavy atom. The highest BCUT2D eigenvalue weighted by atomic mass is 32.1. The van der Waals surface area contributed by atoms with Gasteiger partial charge in [0.05, 0.1) is 26.3 Å². The Bertz CT molecular complexity index is 641. The number of nitro benzene ring substituents is 1. The van der Waals surface area contributed by atoms with Crippen molar-refractivity contribution in [3.05, 3.63) is 32.8 Å². The van der Waals surface area contributed by atoms with Gasteiger partial charge < -0.3 is 5.11 Å². The van der Waals surface area contributed by atoms with Crippen molar-refractivity contribution in [2.75, 3.05) is 0 Å². The molecule has 0 spiro atoms. The number of benzene rings is 1. The van der Waals surface area contributed by atoms with Crippen LogP contribution in [0.25, 0.3) is 10.2 Å². The average Bonchev–Trinajstić information content (AvgIpc) is 2.65. The van der Waals surface area contributed by atoms with Crippen LogP contribution in [-0.2, 0) is 0 Å². The number of hydrogen-bond acceptors (Lipinski definition) is 5. The summed E-state index contributed by atoms with van der Waals surface area (Å²) in [5.74, 6) is -0.173. The lowest BCUT2D eigenvalue weighted by molar-refractivity contribution is -0.385. The molecule has 5 nitrogen and oxygen atoms in total. The molecular weight excluding hydrogens is 276 g/mol.